The Morgan fingerprint density at radius 2 is 1.40 bits per heavy atom. The SMILES string of the molecule is COC(=O)C1=C(C(=O)OC)N(c2ccc(Oc3ccccc3C(=O)OC)cc2)C(N)=C(C#N)C1c1ccccc1. The molecule has 0 fully saturated rings. The quantitative estimate of drug-likeness (QED) is 0.344. The van der Waals surface area contributed by atoms with Gasteiger partial charge in [0.15, 0.2) is 0 Å². The van der Waals surface area contributed by atoms with Gasteiger partial charge in [-0.05, 0) is 42.0 Å². The van der Waals surface area contributed by atoms with E-state index in [2.05, 4.69) is 6.07 Å². The van der Waals surface area contributed by atoms with Gasteiger partial charge in [0, 0.05) is 5.69 Å². The molecule has 0 saturated carbocycles. The molecule has 0 amide bonds. The van der Waals surface area contributed by atoms with Gasteiger partial charge in [0.2, 0.25) is 0 Å². The second-order valence-corrected chi connectivity index (χ2v) is 8.42. The Kier molecular flexibility index (Phi) is 8.16. The fourth-order valence-corrected chi connectivity index (χ4v) is 4.41. The van der Waals surface area contributed by atoms with E-state index in [9.17, 15) is 19.6 Å². The summed E-state index contributed by atoms with van der Waals surface area (Å²) in [5.41, 5.74) is 7.42. The van der Waals surface area contributed by atoms with Gasteiger partial charge in [0.05, 0.1) is 44.5 Å². The lowest BCUT2D eigenvalue weighted by atomic mass is 9.81. The number of carbonyl (C=O) groups is 3. The fourth-order valence-electron chi connectivity index (χ4n) is 4.41. The molecule has 0 aliphatic carbocycles. The third kappa shape index (κ3) is 5.08. The molecule has 202 valence electrons. The summed E-state index contributed by atoms with van der Waals surface area (Å²) >= 11 is 0. The molecule has 1 unspecified atom stereocenters. The third-order valence-electron chi connectivity index (χ3n) is 6.23. The fraction of sp³-hybridized carbons (Fsp3) is 0.133. The standard InChI is InChI=1S/C30H25N3O7/c1-37-28(34)21-11-7-8-12-23(21)40-20-15-13-19(14-16-20)33-26(30(36)39-3)25(29(35)38-2)24(22(17-31)27(33)32)18-9-5-4-6-10-18/h4-16,24H,32H2,1-3H3. The Morgan fingerprint density at radius 3 is 2.00 bits per heavy atom. The van der Waals surface area contributed by atoms with Crippen molar-refractivity contribution in [3.05, 3.63) is 113 Å². The zero-order valence-electron chi connectivity index (χ0n) is 21.9. The number of hydrogen-bond acceptors (Lipinski definition) is 10. The third-order valence-corrected chi connectivity index (χ3v) is 6.23. The Hall–Kier alpha value is -5.56. The molecule has 1 aliphatic rings. The second-order valence-electron chi connectivity index (χ2n) is 8.42. The van der Waals surface area contributed by atoms with Crippen molar-refractivity contribution < 1.29 is 33.3 Å². The van der Waals surface area contributed by atoms with Crippen molar-refractivity contribution in [1.82, 2.24) is 0 Å². The van der Waals surface area contributed by atoms with Gasteiger partial charge >= 0.3 is 17.9 Å². The predicted octanol–water partition coefficient (Wildman–Crippen LogP) is 4.16. The normalized spacial score (nSPS) is 14.8. The molecule has 2 N–H and O–H groups in total. The highest BCUT2D eigenvalue weighted by Crippen LogP contribution is 2.43. The number of hydrogen-bond donors (Lipinski definition) is 1. The summed E-state index contributed by atoms with van der Waals surface area (Å²) in [4.78, 5) is 39.7. The number of methoxy groups -OCH3 is 3. The van der Waals surface area contributed by atoms with Gasteiger partial charge in [-0.3, -0.25) is 4.90 Å². The van der Waals surface area contributed by atoms with E-state index in [0.29, 0.717) is 17.0 Å². The van der Waals surface area contributed by atoms with Crippen molar-refractivity contribution >= 4 is 23.6 Å². The van der Waals surface area contributed by atoms with Crippen LogP contribution in [0, 0.1) is 11.3 Å². The van der Waals surface area contributed by atoms with Crippen LogP contribution in [0.5, 0.6) is 11.5 Å². The Bertz CT molecular complexity index is 1550. The summed E-state index contributed by atoms with van der Waals surface area (Å²) in [7, 11) is 3.63. The van der Waals surface area contributed by atoms with Crippen LogP contribution in [0.2, 0.25) is 0 Å². The van der Waals surface area contributed by atoms with Gasteiger partial charge in [-0.15, -0.1) is 0 Å². The smallest absolute Gasteiger partial charge is 0.355 e. The van der Waals surface area contributed by atoms with Crippen molar-refractivity contribution in [2.45, 2.75) is 5.92 Å². The van der Waals surface area contributed by atoms with Crippen LogP contribution in [0.4, 0.5) is 5.69 Å². The first kappa shape index (κ1) is 27.5. The van der Waals surface area contributed by atoms with Gasteiger partial charge in [-0.2, -0.15) is 5.26 Å². The van der Waals surface area contributed by atoms with Crippen molar-refractivity contribution in [2.24, 2.45) is 5.73 Å². The van der Waals surface area contributed by atoms with Crippen LogP contribution < -0.4 is 15.4 Å². The molecule has 0 spiro atoms. The predicted molar refractivity (Wildman–Crippen MR) is 144 cm³/mol. The molecule has 4 rings (SSSR count). The number of nitriles is 1. The molecule has 0 radical (unpaired) electrons. The van der Waals surface area contributed by atoms with Gasteiger partial charge in [0.1, 0.15) is 28.6 Å². The van der Waals surface area contributed by atoms with Crippen LogP contribution in [0.1, 0.15) is 21.8 Å². The highest BCUT2D eigenvalue weighted by molar-refractivity contribution is 6.06. The zero-order valence-corrected chi connectivity index (χ0v) is 21.9. The highest BCUT2D eigenvalue weighted by Gasteiger charge is 2.43. The number of ether oxygens (including phenoxy) is 4. The zero-order chi connectivity index (χ0) is 28.8. The van der Waals surface area contributed by atoms with Gasteiger partial charge in [0.25, 0.3) is 0 Å². The maximum Gasteiger partial charge on any atom is 0.355 e. The van der Waals surface area contributed by atoms with Crippen molar-refractivity contribution in [3.8, 4) is 17.6 Å². The number of nitrogens with two attached hydrogens (primary N) is 1. The average molecular weight is 540 g/mol. The molecule has 10 nitrogen and oxygen atoms in total. The number of rotatable bonds is 7. The summed E-state index contributed by atoms with van der Waals surface area (Å²) in [6, 6.07) is 23.7. The highest BCUT2D eigenvalue weighted by atomic mass is 16.5. The molecule has 1 aliphatic heterocycles. The molecule has 0 bridgehead atoms. The number of para-hydroxylation sites is 1. The molecule has 3 aromatic carbocycles. The van der Waals surface area contributed by atoms with Crippen LogP contribution >= 0.6 is 0 Å². The minimum Gasteiger partial charge on any atom is -0.466 e. The van der Waals surface area contributed by atoms with Gasteiger partial charge in [-0.25, -0.2) is 14.4 Å². The number of nitrogens with zero attached hydrogens (tertiary/aromatic N) is 2. The van der Waals surface area contributed by atoms with Gasteiger partial charge in [-0.1, -0.05) is 42.5 Å². The average Bonchev–Trinajstić information content (AvgIpc) is 3.00. The van der Waals surface area contributed by atoms with Crippen molar-refractivity contribution in [3.63, 3.8) is 0 Å². The maximum absolute atomic E-state index is 13.2. The summed E-state index contributed by atoms with van der Waals surface area (Å²) in [5.74, 6) is -2.62. The minimum atomic E-state index is -0.971. The van der Waals surface area contributed by atoms with Gasteiger partial charge < -0.3 is 24.7 Å². The monoisotopic (exact) mass is 539 g/mol. The first-order valence-electron chi connectivity index (χ1n) is 12.0. The number of esters is 3. The molecule has 0 aromatic heterocycles. The molecule has 1 heterocycles. The van der Waals surface area contributed by atoms with E-state index in [-0.39, 0.29) is 34.0 Å². The topological polar surface area (TPSA) is 141 Å². The largest absolute Gasteiger partial charge is 0.466 e. The van der Waals surface area contributed by atoms with E-state index < -0.39 is 23.8 Å². The van der Waals surface area contributed by atoms with E-state index in [1.165, 1.54) is 26.2 Å². The Balaban J connectivity index is 1.84. The summed E-state index contributed by atoms with van der Waals surface area (Å²) in [6.07, 6.45) is 0. The van der Waals surface area contributed by atoms with E-state index in [1.54, 1.807) is 78.9 Å². The molecular weight excluding hydrogens is 514 g/mol. The van der Waals surface area contributed by atoms with Crippen molar-refractivity contribution in [2.75, 3.05) is 26.2 Å². The lowest BCUT2D eigenvalue weighted by Gasteiger charge is -2.35. The van der Waals surface area contributed by atoms with Crippen LogP contribution in [0.25, 0.3) is 0 Å². The van der Waals surface area contributed by atoms with Crippen LogP contribution in [0.3, 0.4) is 0 Å². The summed E-state index contributed by atoms with van der Waals surface area (Å²) in [5, 5.41) is 10.1. The van der Waals surface area contributed by atoms with Crippen LogP contribution in [-0.4, -0.2) is 39.2 Å². The molecule has 3 aromatic rings. The molecule has 40 heavy (non-hydrogen) atoms. The Labute approximate surface area is 230 Å². The second kappa shape index (κ2) is 11.9. The molecule has 1 atom stereocenters. The number of carbonyl (C=O) groups excluding carboxylic acids is 3. The Morgan fingerprint density at radius 1 is 0.800 bits per heavy atom. The van der Waals surface area contributed by atoms with E-state index in [0.717, 1.165) is 0 Å². The number of allylic oxidation sites excluding steroid dienone is 1. The maximum atomic E-state index is 13.2. The molecule has 10 heteroatoms. The van der Waals surface area contributed by atoms with Crippen LogP contribution in [-0.2, 0) is 23.8 Å². The first-order valence-corrected chi connectivity index (χ1v) is 12.0. The van der Waals surface area contributed by atoms with Crippen molar-refractivity contribution in [1.29, 1.82) is 5.26 Å². The number of benzene rings is 3. The summed E-state index contributed by atoms with van der Waals surface area (Å²) in [6.45, 7) is 0. The molecule has 0 saturated heterocycles. The lowest BCUT2D eigenvalue weighted by Crippen LogP contribution is -2.40. The summed E-state index contributed by atoms with van der Waals surface area (Å²) < 4.78 is 20.8. The number of anilines is 1. The lowest BCUT2D eigenvalue weighted by molar-refractivity contribution is -0.139. The minimum absolute atomic E-state index is 0.0478. The first-order chi connectivity index (χ1) is 19.4. The van der Waals surface area contributed by atoms with E-state index in [4.69, 9.17) is 24.7 Å². The van der Waals surface area contributed by atoms with E-state index >= 15 is 0 Å². The molecular formula is C30H25N3O7. The van der Waals surface area contributed by atoms with E-state index in [1.807, 2.05) is 0 Å². The van der Waals surface area contributed by atoms with Crippen LogP contribution in [0.15, 0.2) is 102 Å².